The fourth-order valence-corrected chi connectivity index (χ4v) is 0.861. The second-order valence-electron chi connectivity index (χ2n) is 3.65. The lowest BCUT2D eigenvalue weighted by atomic mass is 10.0. The molecule has 0 aromatic heterocycles. The monoisotopic (exact) mass is 202 g/mol. The molecule has 0 aromatic carbocycles. The molecule has 1 amide bonds. The van der Waals surface area contributed by atoms with Crippen LogP contribution in [0.5, 0.6) is 0 Å². The van der Waals surface area contributed by atoms with Gasteiger partial charge < -0.3 is 15.8 Å². The number of nitrogens with two attached hydrogens (primary N) is 1. The molecule has 0 rings (SSSR count). The fraction of sp³-hybridized carbons (Fsp3) is 0.900. The van der Waals surface area contributed by atoms with Gasteiger partial charge in [0.1, 0.15) is 6.61 Å². The summed E-state index contributed by atoms with van der Waals surface area (Å²) in [6.07, 6.45) is 1.75. The minimum Gasteiger partial charge on any atom is -0.364 e. The molecule has 1 atom stereocenters. The van der Waals surface area contributed by atoms with Gasteiger partial charge in [0.25, 0.3) is 0 Å². The zero-order valence-electron chi connectivity index (χ0n) is 9.43. The Labute approximate surface area is 86.2 Å². The summed E-state index contributed by atoms with van der Waals surface area (Å²) in [7, 11) is 0. The van der Waals surface area contributed by atoms with E-state index >= 15 is 0 Å². The molecule has 0 spiro atoms. The highest BCUT2D eigenvalue weighted by molar-refractivity contribution is 5.77. The average molecular weight is 202 g/mol. The van der Waals surface area contributed by atoms with Crippen molar-refractivity contribution in [3.8, 4) is 0 Å². The molecule has 14 heavy (non-hydrogen) atoms. The number of rotatable bonds is 7. The lowest BCUT2D eigenvalue weighted by Crippen LogP contribution is -2.40. The van der Waals surface area contributed by atoms with Crippen molar-refractivity contribution in [3.63, 3.8) is 0 Å². The Morgan fingerprint density at radius 3 is 2.57 bits per heavy atom. The summed E-state index contributed by atoms with van der Waals surface area (Å²) in [6, 6.07) is 0. The van der Waals surface area contributed by atoms with E-state index in [0.717, 1.165) is 12.8 Å². The number of carbonyl (C=O) groups is 1. The van der Waals surface area contributed by atoms with Crippen molar-refractivity contribution in [2.75, 3.05) is 19.7 Å². The van der Waals surface area contributed by atoms with E-state index in [-0.39, 0.29) is 18.1 Å². The standard InChI is InChI=1S/C10H22N2O2/c1-4-6-12-9(13)7-14-10(3,5-2)8-11/h4-8,11H2,1-3H3,(H,12,13). The van der Waals surface area contributed by atoms with Crippen molar-refractivity contribution in [1.82, 2.24) is 5.32 Å². The summed E-state index contributed by atoms with van der Waals surface area (Å²) in [6.45, 7) is 7.16. The Balaban J connectivity index is 3.74. The number of amides is 1. The zero-order valence-corrected chi connectivity index (χ0v) is 9.43. The molecule has 0 aromatic rings. The third kappa shape index (κ3) is 5.19. The van der Waals surface area contributed by atoms with Gasteiger partial charge in [0, 0.05) is 13.1 Å². The van der Waals surface area contributed by atoms with Crippen LogP contribution < -0.4 is 11.1 Å². The summed E-state index contributed by atoms with van der Waals surface area (Å²) < 4.78 is 5.45. The topological polar surface area (TPSA) is 64.3 Å². The first-order valence-corrected chi connectivity index (χ1v) is 5.18. The van der Waals surface area contributed by atoms with Gasteiger partial charge in [0.05, 0.1) is 5.60 Å². The number of hydrogen-bond acceptors (Lipinski definition) is 3. The highest BCUT2D eigenvalue weighted by Crippen LogP contribution is 2.12. The molecule has 0 bridgehead atoms. The second kappa shape index (κ2) is 6.79. The second-order valence-corrected chi connectivity index (χ2v) is 3.65. The molecule has 0 fully saturated rings. The quantitative estimate of drug-likeness (QED) is 0.637. The molecule has 0 saturated heterocycles. The minimum absolute atomic E-state index is 0.0695. The van der Waals surface area contributed by atoms with E-state index in [0.29, 0.717) is 13.1 Å². The highest BCUT2D eigenvalue weighted by atomic mass is 16.5. The van der Waals surface area contributed by atoms with Crippen molar-refractivity contribution in [1.29, 1.82) is 0 Å². The van der Waals surface area contributed by atoms with Crippen LogP contribution in [0.3, 0.4) is 0 Å². The van der Waals surface area contributed by atoms with Crippen LogP contribution in [0.25, 0.3) is 0 Å². The molecule has 0 aliphatic heterocycles. The van der Waals surface area contributed by atoms with Gasteiger partial charge in [0.2, 0.25) is 5.91 Å². The van der Waals surface area contributed by atoms with Crippen LogP contribution in [0.4, 0.5) is 0 Å². The maximum atomic E-state index is 11.2. The van der Waals surface area contributed by atoms with Gasteiger partial charge in [-0.1, -0.05) is 13.8 Å². The smallest absolute Gasteiger partial charge is 0.246 e. The molecular weight excluding hydrogens is 180 g/mol. The van der Waals surface area contributed by atoms with Crippen molar-refractivity contribution < 1.29 is 9.53 Å². The molecule has 0 aliphatic rings. The molecule has 1 unspecified atom stereocenters. The first-order valence-electron chi connectivity index (χ1n) is 5.18. The number of ether oxygens (including phenoxy) is 1. The summed E-state index contributed by atoms with van der Waals surface area (Å²) in [5.74, 6) is -0.0695. The van der Waals surface area contributed by atoms with E-state index in [9.17, 15) is 4.79 Å². The SMILES string of the molecule is CCCNC(=O)COC(C)(CC)CN. The van der Waals surface area contributed by atoms with Crippen LogP contribution >= 0.6 is 0 Å². The Morgan fingerprint density at radius 1 is 1.50 bits per heavy atom. The Morgan fingerprint density at radius 2 is 2.14 bits per heavy atom. The van der Waals surface area contributed by atoms with Crippen molar-refractivity contribution in [2.45, 2.75) is 39.2 Å². The predicted octanol–water partition coefficient (Wildman–Crippen LogP) is 0.657. The van der Waals surface area contributed by atoms with Gasteiger partial charge >= 0.3 is 0 Å². The van der Waals surface area contributed by atoms with Crippen molar-refractivity contribution in [3.05, 3.63) is 0 Å². The number of hydrogen-bond donors (Lipinski definition) is 2. The van der Waals surface area contributed by atoms with E-state index in [1.165, 1.54) is 0 Å². The molecule has 4 heteroatoms. The Hall–Kier alpha value is -0.610. The lowest BCUT2D eigenvalue weighted by Gasteiger charge is -2.26. The summed E-state index contributed by atoms with van der Waals surface area (Å²) in [5.41, 5.74) is 5.18. The minimum atomic E-state index is -0.371. The molecule has 0 aliphatic carbocycles. The highest BCUT2D eigenvalue weighted by Gasteiger charge is 2.21. The average Bonchev–Trinajstić information content (AvgIpc) is 2.23. The summed E-state index contributed by atoms with van der Waals surface area (Å²) in [4.78, 5) is 11.2. The third-order valence-electron chi connectivity index (χ3n) is 2.30. The van der Waals surface area contributed by atoms with Gasteiger partial charge in [-0.25, -0.2) is 0 Å². The van der Waals surface area contributed by atoms with Crippen LogP contribution in [-0.4, -0.2) is 31.2 Å². The van der Waals surface area contributed by atoms with E-state index in [2.05, 4.69) is 5.32 Å². The Kier molecular flexibility index (Phi) is 6.49. The van der Waals surface area contributed by atoms with E-state index in [1.54, 1.807) is 0 Å². The molecule has 3 N–H and O–H groups in total. The summed E-state index contributed by atoms with van der Waals surface area (Å²) in [5, 5.41) is 2.75. The molecule has 4 nitrogen and oxygen atoms in total. The summed E-state index contributed by atoms with van der Waals surface area (Å²) >= 11 is 0. The van der Waals surface area contributed by atoms with E-state index < -0.39 is 0 Å². The van der Waals surface area contributed by atoms with Gasteiger partial charge in [-0.3, -0.25) is 4.79 Å². The molecule has 0 radical (unpaired) electrons. The molecular formula is C10H22N2O2. The van der Waals surface area contributed by atoms with Crippen LogP contribution in [-0.2, 0) is 9.53 Å². The predicted molar refractivity (Wildman–Crippen MR) is 57.0 cm³/mol. The Bertz CT molecular complexity index is 168. The first-order chi connectivity index (χ1) is 6.58. The van der Waals surface area contributed by atoms with Gasteiger partial charge in [-0.2, -0.15) is 0 Å². The third-order valence-corrected chi connectivity index (χ3v) is 2.30. The van der Waals surface area contributed by atoms with E-state index in [4.69, 9.17) is 10.5 Å². The zero-order chi connectivity index (χ0) is 11.0. The van der Waals surface area contributed by atoms with Crippen molar-refractivity contribution >= 4 is 5.91 Å². The fourth-order valence-electron chi connectivity index (χ4n) is 0.861. The molecule has 0 saturated carbocycles. The first kappa shape index (κ1) is 13.4. The largest absolute Gasteiger partial charge is 0.364 e. The lowest BCUT2D eigenvalue weighted by molar-refractivity contribution is -0.131. The van der Waals surface area contributed by atoms with Crippen LogP contribution in [0.2, 0.25) is 0 Å². The van der Waals surface area contributed by atoms with Crippen molar-refractivity contribution in [2.24, 2.45) is 5.73 Å². The maximum Gasteiger partial charge on any atom is 0.246 e. The number of nitrogens with one attached hydrogen (secondary N) is 1. The van der Waals surface area contributed by atoms with Crippen LogP contribution in [0.1, 0.15) is 33.6 Å². The molecule has 0 heterocycles. The van der Waals surface area contributed by atoms with Crippen LogP contribution in [0, 0.1) is 0 Å². The van der Waals surface area contributed by atoms with Gasteiger partial charge in [0.15, 0.2) is 0 Å². The molecule has 84 valence electrons. The normalized spacial score (nSPS) is 14.9. The number of carbonyl (C=O) groups excluding carboxylic acids is 1. The van der Waals surface area contributed by atoms with Gasteiger partial charge in [-0.15, -0.1) is 0 Å². The van der Waals surface area contributed by atoms with E-state index in [1.807, 2.05) is 20.8 Å². The van der Waals surface area contributed by atoms with Crippen LogP contribution in [0.15, 0.2) is 0 Å². The van der Waals surface area contributed by atoms with Gasteiger partial charge in [-0.05, 0) is 19.8 Å². The maximum absolute atomic E-state index is 11.2.